The lowest BCUT2D eigenvalue weighted by atomic mass is 10.2. The monoisotopic (exact) mass is 340 g/mol. The van der Waals surface area contributed by atoms with Crippen LogP contribution in [0.4, 0.5) is 10.1 Å². The van der Waals surface area contributed by atoms with Crippen LogP contribution in [0.25, 0.3) is 22.6 Å². The van der Waals surface area contributed by atoms with Gasteiger partial charge in [-0.2, -0.15) is 0 Å². The minimum atomic E-state index is -0.696. The second-order valence-electron chi connectivity index (χ2n) is 5.15. The van der Waals surface area contributed by atoms with E-state index in [1.165, 1.54) is 29.4 Å². The minimum absolute atomic E-state index is 0.0228. The molecule has 3 heterocycles. The maximum Gasteiger partial charge on any atom is 0.272 e. The molecular weight excluding hydrogens is 331 g/mol. The Bertz CT molecular complexity index is 1080. The number of furan rings is 1. The van der Waals surface area contributed by atoms with Crippen molar-refractivity contribution in [3.05, 3.63) is 64.4 Å². The van der Waals surface area contributed by atoms with Crippen molar-refractivity contribution in [3.8, 4) is 11.5 Å². The first-order valence-corrected chi connectivity index (χ1v) is 7.14. The molecule has 0 amide bonds. The normalized spacial score (nSPS) is 11.1. The van der Waals surface area contributed by atoms with E-state index in [2.05, 4.69) is 20.3 Å². The maximum absolute atomic E-state index is 14.1. The summed E-state index contributed by atoms with van der Waals surface area (Å²) in [6, 6.07) is 6.91. The van der Waals surface area contributed by atoms with Crippen LogP contribution < -0.4 is 0 Å². The summed E-state index contributed by atoms with van der Waals surface area (Å²) in [6.07, 6.45) is 2.85. The van der Waals surface area contributed by atoms with E-state index >= 15 is 0 Å². The lowest BCUT2D eigenvalue weighted by Gasteiger charge is -2.04. The van der Waals surface area contributed by atoms with Gasteiger partial charge in [-0.3, -0.25) is 10.1 Å². The van der Waals surface area contributed by atoms with Gasteiger partial charge in [0, 0.05) is 11.6 Å². The Morgan fingerprint density at radius 2 is 2.16 bits per heavy atom. The van der Waals surface area contributed by atoms with Gasteiger partial charge in [-0.1, -0.05) is 5.21 Å². The molecule has 1 aromatic carbocycles. The molecule has 0 spiro atoms. The standard InChI is InChI=1S/C15H9FN6O3/c16-11-6-10(22(23)24)4-3-9(11)7-21-15-14(19-20-21)13(17-8-18-15)12-2-1-5-25-12/h1-6,8H,7H2. The lowest BCUT2D eigenvalue weighted by Crippen LogP contribution is -2.05. The van der Waals surface area contributed by atoms with Gasteiger partial charge in [-0.05, 0) is 18.2 Å². The van der Waals surface area contributed by atoms with Gasteiger partial charge in [0.25, 0.3) is 5.69 Å². The second-order valence-corrected chi connectivity index (χ2v) is 5.15. The van der Waals surface area contributed by atoms with Gasteiger partial charge in [0.2, 0.25) is 0 Å². The highest BCUT2D eigenvalue weighted by molar-refractivity contribution is 5.84. The number of hydrogen-bond donors (Lipinski definition) is 0. The molecule has 9 nitrogen and oxygen atoms in total. The highest BCUT2D eigenvalue weighted by Gasteiger charge is 2.17. The van der Waals surface area contributed by atoms with Crippen LogP contribution in [0.1, 0.15) is 5.56 Å². The Hall–Kier alpha value is -3.69. The molecule has 10 heteroatoms. The van der Waals surface area contributed by atoms with E-state index in [1.54, 1.807) is 12.1 Å². The van der Waals surface area contributed by atoms with Gasteiger partial charge in [0.15, 0.2) is 16.9 Å². The van der Waals surface area contributed by atoms with Crippen LogP contribution in [0.15, 0.2) is 47.3 Å². The Morgan fingerprint density at radius 3 is 2.88 bits per heavy atom. The van der Waals surface area contributed by atoms with Crippen LogP contribution >= 0.6 is 0 Å². The number of benzene rings is 1. The minimum Gasteiger partial charge on any atom is -0.463 e. The Labute approximate surface area is 138 Å². The predicted molar refractivity (Wildman–Crippen MR) is 83.0 cm³/mol. The molecule has 4 rings (SSSR count). The zero-order valence-corrected chi connectivity index (χ0v) is 12.5. The number of nitro benzene ring substituents is 1. The van der Waals surface area contributed by atoms with Crippen molar-refractivity contribution in [1.82, 2.24) is 25.0 Å². The largest absolute Gasteiger partial charge is 0.463 e. The molecule has 0 fully saturated rings. The highest BCUT2D eigenvalue weighted by Crippen LogP contribution is 2.24. The summed E-state index contributed by atoms with van der Waals surface area (Å²) in [5, 5.41) is 18.7. The molecule has 0 saturated carbocycles. The molecule has 0 radical (unpaired) electrons. The highest BCUT2D eigenvalue weighted by atomic mass is 19.1. The van der Waals surface area contributed by atoms with Crippen molar-refractivity contribution in [2.45, 2.75) is 6.54 Å². The van der Waals surface area contributed by atoms with E-state index in [4.69, 9.17) is 4.42 Å². The van der Waals surface area contributed by atoms with Crippen LogP contribution in [0.2, 0.25) is 0 Å². The number of fused-ring (bicyclic) bond motifs is 1. The van der Waals surface area contributed by atoms with E-state index in [0.717, 1.165) is 6.07 Å². The molecule has 124 valence electrons. The fourth-order valence-electron chi connectivity index (χ4n) is 2.43. The van der Waals surface area contributed by atoms with Crippen molar-refractivity contribution >= 4 is 16.9 Å². The van der Waals surface area contributed by atoms with Crippen LogP contribution in [0.5, 0.6) is 0 Å². The van der Waals surface area contributed by atoms with Crippen molar-refractivity contribution in [2.75, 3.05) is 0 Å². The number of rotatable bonds is 4. The first-order chi connectivity index (χ1) is 12.1. The van der Waals surface area contributed by atoms with Crippen LogP contribution in [0, 0.1) is 15.9 Å². The maximum atomic E-state index is 14.1. The van der Waals surface area contributed by atoms with Crippen LogP contribution in [-0.2, 0) is 6.54 Å². The third-order valence-electron chi connectivity index (χ3n) is 3.62. The van der Waals surface area contributed by atoms with Gasteiger partial charge in [-0.15, -0.1) is 5.10 Å². The van der Waals surface area contributed by atoms with Crippen LogP contribution in [-0.4, -0.2) is 29.9 Å². The van der Waals surface area contributed by atoms with E-state index in [1.807, 2.05) is 0 Å². The molecule has 25 heavy (non-hydrogen) atoms. The molecule has 0 atom stereocenters. The average Bonchev–Trinajstić information content (AvgIpc) is 3.26. The lowest BCUT2D eigenvalue weighted by molar-refractivity contribution is -0.385. The molecule has 0 aliphatic rings. The molecule has 0 N–H and O–H groups in total. The number of aromatic nitrogens is 5. The predicted octanol–water partition coefficient (Wildman–Crippen LogP) is 2.58. The SMILES string of the molecule is O=[N+]([O-])c1ccc(Cn2nnc3c(-c4ccco4)ncnc32)c(F)c1. The van der Waals surface area contributed by atoms with Gasteiger partial charge in [0.1, 0.15) is 17.8 Å². The zero-order valence-electron chi connectivity index (χ0n) is 12.5. The van der Waals surface area contributed by atoms with E-state index < -0.39 is 10.7 Å². The third-order valence-corrected chi connectivity index (χ3v) is 3.62. The number of hydrogen-bond acceptors (Lipinski definition) is 7. The van der Waals surface area contributed by atoms with Gasteiger partial charge < -0.3 is 4.42 Å². The molecule has 0 bridgehead atoms. The Morgan fingerprint density at radius 1 is 1.28 bits per heavy atom. The zero-order chi connectivity index (χ0) is 17.4. The summed E-state index contributed by atoms with van der Waals surface area (Å²) in [4.78, 5) is 18.3. The summed E-state index contributed by atoms with van der Waals surface area (Å²) in [6.45, 7) is 0.0228. The van der Waals surface area contributed by atoms with Gasteiger partial charge >= 0.3 is 0 Å². The number of nitrogens with zero attached hydrogens (tertiary/aromatic N) is 6. The Balaban J connectivity index is 1.74. The first-order valence-electron chi connectivity index (χ1n) is 7.14. The van der Waals surface area contributed by atoms with Crippen molar-refractivity contribution in [1.29, 1.82) is 0 Å². The smallest absolute Gasteiger partial charge is 0.272 e. The fourth-order valence-corrected chi connectivity index (χ4v) is 2.43. The van der Waals surface area contributed by atoms with E-state index in [-0.39, 0.29) is 17.8 Å². The average molecular weight is 340 g/mol. The number of nitro groups is 1. The summed E-state index contributed by atoms with van der Waals surface area (Å²) < 4.78 is 20.8. The molecule has 3 aromatic heterocycles. The van der Waals surface area contributed by atoms with Gasteiger partial charge in [0.05, 0.1) is 23.8 Å². The molecule has 0 aliphatic heterocycles. The molecular formula is C15H9FN6O3. The Kier molecular flexibility index (Phi) is 3.42. The number of halogens is 1. The van der Waals surface area contributed by atoms with Crippen molar-refractivity contribution in [3.63, 3.8) is 0 Å². The molecule has 0 aliphatic carbocycles. The first kappa shape index (κ1) is 14.9. The van der Waals surface area contributed by atoms with E-state index in [9.17, 15) is 14.5 Å². The fraction of sp³-hybridized carbons (Fsp3) is 0.0667. The molecule has 4 aromatic rings. The summed E-state index contributed by atoms with van der Waals surface area (Å²) in [5.41, 5.74) is 1.21. The quantitative estimate of drug-likeness (QED) is 0.414. The second kappa shape index (κ2) is 5.74. The number of non-ortho nitro benzene ring substituents is 1. The molecule has 0 saturated heterocycles. The summed E-state index contributed by atoms with van der Waals surface area (Å²) in [7, 11) is 0. The van der Waals surface area contributed by atoms with Gasteiger partial charge in [-0.25, -0.2) is 19.0 Å². The van der Waals surface area contributed by atoms with Crippen LogP contribution in [0.3, 0.4) is 0 Å². The topological polar surface area (TPSA) is 113 Å². The van der Waals surface area contributed by atoms with Crippen molar-refractivity contribution < 1.29 is 13.7 Å². The summed E-state index contributed by atoms with van der Waals surface area (Å²) >= 11 is 0. The third kappa shape index (κ3) is 2.59. The molecule has 0 unspecified atom stereocenters. The van der Waals surface area contributed by atoms with Crippen molar-refractivity contribution in [2.24, 2.45) is 0 Å². The summed E-state index contributed by atoms with van der Waals surface area (Å²) in [5.74, 6) is -0.181. The van der Waals surface area contributed by atoms with E-state index in [0.29, 0.717) is 22.6 Å².